The summed E-state index contributed by atoms with van der Waals surface area (Å²) in [6, 6.07) is 10.5. The first kappa shape index (κ1) is 19.0. The highest BCUT2D eigenvalue weighted by atomic mass is 35.5. The zero-order chi connectivity index (χ0) is 19.2. The van der Waals surface area contributed by atoms with E-state index in [1.165, 1.54) is 6.08 Å². The molecule has 1 N–H and O–H groups in total. The first-order chi connectivity index (χ1) is 13.0. The molecule has 27 heavy (non-hydrogen) atoms. The van der Waals surface area contributed by atoms with Gasteiger partial charge in [0.15, 0.2) is 0 Å². The molecule has 3 amide bonds. The van der Waals surface area contributed by atoms with Gasteiger partial charge in [-0.05, 0) is 55.8 Å². The Kier molecular flexibility index (Phi) is 6.19. The van der Waals surface area contributed by atoms with Crippen LogP contribution in [-0.2, 0) is 4.79 Å². The van der Waals surface area contributed by atoms with Crippen molar-refractivity contribution in [3.8, 4) is 0 Å². The van der Waals surface area contributed by atoms with E-state index in [4.69, 9.17) is 16.0 Å². The van der Waals surface area contributed by atoms with E-state index in [0.717, 1.165) is 12.2 Å². The quantitative estimate of drug-likeness (QED) is 0.809. The van der Waals surface area contributed by atoms with Crippen molar-refractivity contribution in [2.45, 2.75) is 13.3 Å². The number of carbonyl (C=O) groups is 2. The van der Waals surface area contributed by atoms with Gasteiger partial charge in [0.25, 0.3) is 0 Å². The first-order valence-corrected chi connectivity index (χ1v) is 9.24. The Bertz CT molecular complexity index is 829. The number of aryl methyl sites for hydroxylation is 1. The Morgan fingerprint density at radius 2 is 1.74 bits per heavy atom. The second-order valence-corrected chi connectivity index (χ2v) is 6.82. The van der Waals surface area contributed by atoms with Crippen LogP contribution in [0.2, 0.25) is 5.02 Å². The van der Waals surface area contributed by atoms with Gasteiger partial charge in [-0.25, -0.2) is 4.79 Å². The second kappa shape index (κ2) is 8.77. The summed E-state index contributed by atoms with van der Waals surface area (Å²) in [7, 11) is 0. The number of rotatable bonds is 3. The number of hydrogen-bond acceptors (Lipinski definition) is 3. The predicted molar refractivity (Wildman–Crippen MR) is 106 cm³/mol. The van der Waals surface area contributed by atoms with E-state index in [1.807, 2.05) is 19.1 Å². The highest BCUT2D eigenvalue weighted by molar-refractivity contribution is 6.30. The summed E-state index contributed by atoms with van der Waals surface area (Å²) in [4.78, 5) is 28.3. The molecule has 7 heteroatoms. The third-order valence-electron chi connectivity index (χ3n) is 4.34. The molecule has 2 aromatic rings. The van der Waals surface area contributed by atoms with E-state index in [-0.39, 0.29) is 11.9 Å². The fourth-order valence-electron chi connectivity index (χ4n) is 2.88. The molecule has 142 valence electrons. The zero-order valence-corrected chi connectivity index (χ0v) is 15.9. The maximum atomic E-state index is 12.4. The molecule has 3 rings (SSSR count). The summed E-state index contributed by atoms with van der Waals surface area (Å²) >= 11 is 5.86. The van der Waals surface area contributed by atoms with Gasteiger partial charge in [-0.1, -0.05) is 11.6 Å². The van der Waals surface area contributed by atoms with Gasteiger partial charge in [-0.3, -0.25) is 4.79 Å². The SMILES string of the molecule is Cc1ccc(/C=C/C(=O)N2CCCN(C(=O)Nc3ccc(Cl)cc3)CC2)o1. The fraction of sp³-hybridized carbons (Fsp3) is 0.300. The number of benzene rings is 1. The maximum Gasteiger partial charge on any atom is 0.321 e. The summed E-state index contributed by atoms with van der Waals surface area (Å²) < 4.78 is 5.43. The van der Waals surface area contributed by atoms with E-state index in [1.54, 1.807) is 40.1 Å². The number of urea groups is 1. The number of amides is 3. The molecule has 6 nitrogen and oxygen atoms in total. The number of furan rings is 1. The van der Waals surface area contributed by atoms with E-state index in [9.17, 15) is 9.59 Å². The molecule has 1 aliphatic heterocycles. The van der Waals surface area contributed by atoms with Crippen molar-refractivity contribution in [1.29, 1.82) is 0 Å². The van der Waals surface area contributed by atoms with Crippen molar-refractivity contribution in [3.63, 3.8) is 0 Å². The van der Waals surface area contributed by atoms with Crippen molar-refractivity contribution in [2.75, 3.05) is 31.5 Å². The fourth-order valence-corrected chi connectivity index (χ4v) is 3.00. The summed E-state index contributed by atoms with van der Waals surface area (Å²) in [5, 5.41) is 3.48. The molecule has 1 aromatic carbocycles. The van der Waals surface area contributed by atoms with E-state index in [2.05, 4.69) is 5.32 Å². The first-order valence-electron chi connectivity index (χ1n) is 8.86. The molecular weight excluding hydrogens is 366 g/mol. The number of nitrogens with zero attached hydrogens (tertiary/aromatic N) is 2. The normalized spacial score (nSPS) is 15.0. The number of anilines is 1. The van der Waals surface area contributed by atoms with Crippen molar-refractivity contribution in [1.82, 2.24) is 9.80 Å². The molecule has 1 fully saturated rings. The zero-order valence-electron chi connectivity index (χ0n) is 15.2. The average Bonchev–Trinajstić information content (AvgIpc) is 2.92. The molecule has 0 spiro atoms. The summed E-state index contributed by atoms with van der Waals surface area (Å²) in [5.41, 5.74) is 0.693. The highest BCUT2D eigenvalue weighted by Gasteiger charge is 2.21. The van der Waals surface area contributed by atoms with Gasteiger partial charge in [-0.2, -0.15) is 0 Å². The van der Waals surface area contributed by atoms with Crippen LogP contribution in [0.15, 0.2) is 46.9 Å². The smallest absolute Gasteiger partial charge is 0.321 e. The molecule has 0 radical (unpaired) electrons. The van der Waals surface area contributed by atoms with E-state index in [0.29, 0.717) is 42.6 Å². The summed E-state index contributed by atoms with van der Waals surface area (Å²) in [6.07, 6.45) is 3.92. The lowest BCUT2D eigenvalue weighted by atomic mass is 10.3. The van der Waals surface area contributed by atoms with Crippen LogP contribution in [0.3, 0.4) is 0 Å². The van der Waals surface area contributed by atoms with Gasteiger partial charge >= 0.3 is 6.03 Å². The van der Waals surface area contributed by atoms with Crippen LogP contribution in [-0.4, -0.2) is 47.9 Å². The lowest BCUT2D eigenvalue weighted by Crippen LogP contribution is -2.39. The standard InChI is InChI=1S/C20H22ClN3O3/c1-15-3-8-18(27-15)9-10-19(25)23-11-2-12-24(14-13-23)20(26)22-17-6-4-16(21)5-7-17/h3-10H,2,11-14H2,1H3,(H,22,26)/b10-9+. The van der Waals surface area contributed by atoms with Gasteiger partial charge in [0.1, 0.15) is 11.5 Å². The summed E-state index contributed by atoms with van der Waals surface area (Å²) in [5.74, 6) is 1.38. The maximum absolute atomic E-state index is 12.4. The Hall–Kier alpha value is -2.73. The molecule has 0 bridgehead atoms. The predicted octanol–water partition coefficient (Wildman–Crippen LogP) is 4.02. The lowest BCUT2D eigenvalue weighted by molar-refractivity contribution is -0.125. The monoisotopic (exact) mass is 387 g/mol. The highest BCUT2D eigenvalue weighted by Crippen LogP contribution is 2.15. The summed E-state index contributed by atoms with van der Waals surface area (Å²) in [6.45, 7) is 4.06. The molecule has 0 atom stereocenters. The van der Waals surface area contributed by atoms with Gasteiger partial charge in [-0.15, -0.1) is 0 Å². The van der Waals surface area contributed by atoms with Crippen LogP contribution in [0.4, 0.5) is 10.5 Å². The lowest BCUT2D eigenvalue weighted by Gasteiger charge is -2.22. The van der Waals surface area contributed by atoms with E-state index >= 15 is 0 Å². The number of halogens is 1. The minimum atomic E-state index is -0.173. The minimum Gasteiger partial charge on any atom is -0.462 e. The van der Waals surface area contributed by atoms with Gasteiger partial charge in [0.05, 0.1) is 0 Å². The molecule has 0 aliphatic carbocycles. The van der Waals surface area contributed by atoms with Crippen molar-refractivity contribution < 1.29 is 14.0 Å². The van der Waals surface area contributed by atoms with Crippen LogP contribution in [0.1, 0.15) is 17.9 Å². The van der Waals surface area contributed by atoms with Crippen molar-refractivity contribution >= 4 is 35.3 Å². The second-order valence-electron chi connectivity index (χ2n) is 6.38. The Morgan fingerprint density at radius 1 is 1.04 bits per heavy atom. The molecule has 0 unspecified atom stereocenters. The molecular formula is C20H22ClN3O3. The molecule has 1 aliphatic rings. The van der Waals surface area contributed by atoms with Gasteiger partial charge in [0, 0.05) is 43.0 Å². The Balaban J connectivity index is 1.53. The van der Waals surface area contributed by atoms with Crippen LogP contribution in [0.5, 0.6) is 0 Å². The third kappa shape index (κ3) is 5.37. The number of nitrogens with one attached hydrogen (secondary N) is 1. The van der Waals surface area contributed by atoms with Crippen LogP contribution in [0, 0.1) is 6.92 Å². The van der Waals surface area contributed by atoms with Crippen LogP contribution >= 0.6 is 11.6 Å². The molecule has 1 aromatic heterocycles. The topological polar surface area (TPSA) is 65.8 Å². The third-order valence-corrected chi connectivity index (χ3v) is 4.59. The molecule has 0 saturated carbocycles. The molecule has 2 heterocycles. The van der Waals surface area contributed by atoms with Crippen molar-refractivity contribution in [3.05, 3.63) is 59.0 Å². The molecule has 1 saturated heterocycles. The Morgan fingerprint density at radius 3 is 2.44 bits per heavy atom. The largest absolute Gasteiger partial charge is 0.462 e. The number of hydrogen-bond donors (Lipinski definition) is 1. The Labute approximate surface area is 163 Å². The van der Waals surface area contributed by atoms with Crippen molar-refractivity contribution in [2.24, 2.45) is 0 Å². The number of carbonyl (C=O) groups excluding carboxylic acids is 2. The van der Waals surface area contributed by atoms with Gasteiger partial charge < -0.3 is 19.5 Å². The van der Waals surface area contributed by atoms with Crippen LogP contribution < -0.4 is 5.32 Å². The van der Waals surface area contributed by atoms with Gasteiger partial charge in [0.2, 0.25) is 5.91 Å². The van der Waals surface area contributed by atoms with Crippen LogP contribution in [0.25, 0.3) is 6.08 Å². The van der Waals surface area contributed by atoms with E-state index < -0.39 is 0 Å². The average molecular weight is 388 g/mol. The minimum absolute atomic E-state index is 0.0796.